The first-order chi connectivity index (χ1) is 10.2. The highest BCUT2D eigenvalue weighted by Crippen LogP contribution is 2.30. The lowest BCUT2D eigenvalue weighted by molar-refractivity contribution is -0.295. The molecule has 1 heterocycles. The van der Waals surface area contributed by atoms with E-state index in [9.17, 15) is 30.0 Å². The molecule has 0 aromatic rings. The van der Waals surface area contributed by atoms with Crippen molar-refractivity contribution in [3.63, 3.8) is 0 Å². The summed E-state index contributed by atoms with van der Waals surface area (Å²) in [6.45, 7) is -1.86. The fourth-order valence-electron chi connectivity index (χ4n) is 2.13. The molecule has 1 rings (SSSR count). The van der Waals surface area contributed by atoms with Gasteiger partial charge in [-0.25, -0.2) is 4.79 Å². The average Bonchev–Trinajstić information content (AvgIpc) is 2.47. The maximum Gasteiger partial charge on any atom is 0.364 e. The lowest BCUT2D eigenvalue weighted by Gasteiger charge is -2.44. The smallest absolute Gasteiger partial charge is 0.364 e. The summed E-state index contributed by atoms with van der Waals surface area (Å²) >= 11 is 0. The summed E-state index contributed by atoms with van der Waals surface area (Å²) < 4.78 is 4.83. The van der Waals surface area contributed by atoms with Gasteiger partial charge in [0, 0.05) is 6.42 Å². The number of carbonyl (C=O) groups excluding carboxylic acids is 1. The van der Waals surface area contributed by atoms with E-state index in [4.69, 9.17) is 20.1 Å². The highest BCUT2D eigenvalue weighted by molar-refractivity contribution is 5.78. The van der Waals surface area contributed by atoms with Gasteiger partial charge >= 0.3 is 5.97 Å². The standard InChI is InChI=1S/C11H19NO10/c13-2-5(16)8(18)9-7(12-6(17)3-14)4(15)1-11(21,22-9)10(19)20/h4-5,7-9,13-16,18,21H,1-3H2,(H,12,17)(H,19,20)/t4-,5?,7+,8?,9+,11?/m0/s1. The Labute approximate surface area is 124 Å². The maximum absolute atomic E-state index is 11.2. The van der Waals surface area contributed by atoms with Crippen molar-refractivity contribution in [3.8, 4) is 0 Å². The van der Waals surface area contributed by atoms with E-state index in [1.54, 1.807) is 0 Å². The van der Waals surface area contributed by atoms with Crippen LogP contribution in [0.25, 0.3) is 0 Å². The molecular formula is C11H19NO10. The van der Waals surface area contributed by atoms with Crippen LogP contribution in [-0.2, 0) is 14.3 Å². The minimum atomic E-state index is -2.85. The number of nitrogens with one attached hydrogen (secondary N) is 1. The Hall–Kier alpha value is -1.34. The predicted octanol–water partition coefficient (Wildman–Crippen LogP) is -4.90. The molecule has 0 aromatic heterocycles. The van der Waals surface area contributed by atoms with Crippen LogP contribution in [0.4, 0.5) is 0 Å². The van der Waals surface area contributed by atoms with Crippen molar-refractivity contribution < 1.29 is 50.1 Å². The number of amides is 1. The number of aliphatic hydroxyl groups is 6. The van der Waals surface area contributed by atoms with Crippen LogP contribution in [0.1, 0.15) is 6.42 Å². The second kappa shape index (κ2) is 7.28. The molecule has 3 unspecified atom stereocenters. The first-order valence-electron chi connectivity index (χ1n) is 6.35. The quantitative estimate of drug-likeness (QED) is 0.234. The van der Waals surface area contributed by atoms with Crippen LogP contribution in [0.3, 0.4) is 0 Å². The van der Waals surface area contributed by atoms with Gasteiger partial charge in [0.2, 0.25) is 5.91 Å². The minimum Gasteiger partial charge on any atom is -0.477 e. The summed E-state index contributed by atoms with van der Waals surface area (Å²) in [6, 6.07) is -1.42. The zero-order chi connectivity index (χ0) is 17.1. The number of hydrogen-bond acceptors (Lipinski definition) is 9. The number of ether oxygens (including phenoxy) is 1. The molecule has 0 radical (unpaired) electrons. The van der Waals surface area contributed by atoms with Crippen molar-refractivity contribution in [1.29, 1.82) is 0 Å². The highest BCUT2D eigenvalue weighted by atomic mass is 16.7. The molecule has 1 fully saturated rings. The van der Waals surface area contributed by atoms with E-state index in [-0.39, 0.29) is 0 Å². The van der Waals surface area contributed by atoms with E-state index < -0.39 is 67.8 Å². The largest absolute Gasteiger partial charge is 0.477 e. The van der Waals surface area contributed by atoms with E-state index in [1.807, 2.05) is 0 Å². The van der Waals surface area contributed by atoms with Crippen LogP contribution >= 0.6 is 0 Å². The molecule has 1 amide bonds. The Morgan fingerprint density at radius 2 is 1.91 bits per heavy atom. The molecule has 0 spiro atoms. The normalized spacial score (nSPS) is 34.7. The minimum absolute atomic E-state index is 0.822. The molecule has 1 aliphatic heterocycles. The third-order valence-corrected chi connectivity index (χ3v) is 3.31. The fourth-order valence-corrected chi connectivity index (χ4v) is 2.13. The van der Waals surface area contributed by atoms with Gasteiger partial charge in [0.1, 0.15) is 24.9 Å². The van der Waals surface area contributed by atoms with Crippen LogP contribution in [0, 0.1) is 0 Å². The van der Waals surface area contributed by atoms with Crippen molar-refractivity contribution in [2.75, 3.05) is 13.2 Å². The van der Waals surface area contributed by atoms with E-state index in [0.717, 1.165) is 0 Å². The second-order valence-corrected chi connectivity index (χ2v) is 4.94. The van der Waals surface area contributed by atoms with Crippen LogP contribution in [0.5, 0.6) is 0 Å². The molecule has 1 saturated heterocycles. The molecule has 8 N–H and O–H groups in total. The Morgan fingerprint density at radius 1 is 1.32 bits per heavy atom. The van der Waals surface area contributed by atoms with Crippen molar-refractivity contribution >= 4 is 11.9 Å². The highest BCUT2D eigenvalue weighted by Gasteiger charge is 2.53. The van der Waals surface area contributed by atoms with Gasteiger partial charge in [-0.2, -0.15) is 0 Å². The zero-order valence-electron chi connectivity index (χ0n) is 11.4. The van der Waals surface area contributed by atoms with Gasteiger partial charge in [0.25, 0.3) is 5.79 Å². The summed E-state index contributed by atoms with van der Waals surface area (Å²) in [5.74, 6) is -5.64. The van der Waals surface area contributed by atoms with E-state index in [2.05, 4.69) is 5.32 Å². The molecule has 0 aliphatic carbocycles. The van der Waals surface area contributed by atoms with Gasteiger partial charge < -0.3 is 45.8 Å². The number of carboxylic acid groups (broad SMARTS) is 1. The Kier molecular flexibility index (Phi) is 6.19. The van der Waals surface area contributed by atoms with Crippen LogP contribution in [0.15, 0.2) is 0 Å². The molecule has 11 nitrogen and oxygen atoms in total. The number of rotatable bonds is 6. The lowest BCUT2D eigenvalue weighted by Crippen LogP contribution is -2.67. The Balaban J connectivity index is 3.07. The molecule has 0 saturated carbocycles. The Bertz CT molecular complexity index is 418. The first kappa shape index (κ1) is 18.7. The molecule has 22 heavy (non-hydrogen) atoms. The average molecular weight is 325 g/mol. The van der Waals surface area contributed by atoms with Crippen molar-refractivity contribution in [1.82, 2.24) is 5.32 Å². The van der Waals surface area contributed by atoms with Gasteiger partial charge in [0.05, 0.1) is 18.8 Å². The van der Waals surface area contributed by atoms with Gasteiger partial charge in [0.15, 0.2) is 0 Å². The zero-order valence-corrected chi connectivity index (χ0v) is 11.4. The summed E-state index contributed by atoms with van der Waals surface area (Å²) in [6.07, 6.45) is -7.92. The van der Waals surface area contributed by atoms with E-state index in [1.165, 1.54) is 0 Å². The number of carboxylic acids is 1. The number of hydrogen-bond donors (Lipinski definition) is 8. The van der Waals surface area contributed by atoms with Gasteiger partial charge in [-0.3, -0.25) is 4.79 Å². The van der Waals surface area contributed by atoms with E-state index >= 15 is 0 Å². The lowest BCUT2D eigenvalue weighted by atomic mass is 9.88. The van der Waals surface area contributed by atoms with Gasteiger partial charge in [-0.05, 0) is 0 Å². The SMILES string of the molecule is O=C(CO)N[C@@H]1[C@@H](O)CC(O)(C(=O)O)O[C@H]1C(O)C(O)CO. The molecule has 128 valence electrons. The summed E-state index contributed by atoms with van der Waals surface area (Å²) in [4.78, 5) is 22.2. The molecule has 0 bridgehead atoms. The Morgan fingerprint density at radius 3 is 2.36 bits per heavy atom. The summed E-state index contributed by atoms with van der Waals surface area (Å²) in [5.41, 5.74) is 0. The molecule has 6 atom stereocenters. The van der Waals surface area contributed by atoms with Gasteiger partial charge in [-0.15, -0.1) is 0 Å². The number of aliphatic hydroxyl groups excluding tert-OH is 5. The van der Waals surface area contributed by atoms with Crippen molar-refractivity contribution in [2.45, 2.75) is 42.7 Å². The molecule has 11 heteroatoms. The topological polar surface area (TPSA) is 197 Å². The van der Waals surface area contributed by atoms with Gasteiger partial charge in [-0.1, -0.05) is 0 Å². The molecular weight excluding hydrogens is 306 g/mol. The van der Waals surface area contributed by atoms with Crippen LogP contribution in [-0.4, -0.2) is 97.1 Å². The van der Waals surface area contributed by atoms with Crippen molar-refractivity contribution in [3.05, 3.63) is 0 Å². The van der Waals surface area contributed by atoms with Crippen LogP contribution < -0.4 is 5.32 Å². The van der Waals surface area contributed by atoms with E-state index in [0.29, 0.717) is 0 Å². The summed E-state index contributed by atoms with van der Waals surface area (Å²) in [7, 11) is 0. The third-order valence-electron chi connectivity index (χ3n) is 3.31. The summed E-state index contributed by atoms with van der Waals surface area (Å²) in [5, 5.41) is 67.5. The molecule has 1 aliphatic rings. The fraction of sp³-hybridized carbons (Fsp3) is 0.818. The van der Waals surface area contributed by atoms with Crippen molar-refractivity contribution in [2.24, 2.45) is 0 Å². The number of aliphatic carboxylic acids is 1. The number of carbonyl (C=O) groups is 2. The second-order valence-electron chi connectivity index (χ2n) is 4.94. The third kappa shape index (κ3) is 3.89. The van der Waals surface area contributed by atoms with Crippen LogP contribution in [0.2, 0.25) is 0 Å². The predicted molar refractivity (Wildman–Crippen MR) is 66.2 cm³/mol. The first-order valence-corrected chi connectivity index (χ1v) is 6.35. The molecule has 0 aromatic carbocycles. The monoisotopic (exact) mass is 325 g/mol. The maximum atomic E-state index is 11.2.